The molecule has 7 heteroatoms. The van der Waals surface area contributed by atoms with Gasteiger partial charge in [-0.1, -0.05) is 15.9 Å². The van der Waals surface area contributed by atoms with Crippen molar-refractivity contribution in [3.05, 3.63) is 28.2 Å². The van der Waals surface area contributed by atoms with Crippen LogP contribution < -0.4 is 4.72 Å². The van der Waals surface area contributed by atoms with Crippen LogP contribution >= 0.6 is 15.9 Å². The number of halogens is 1. The van der Waals surface area contributed by atoms with E-state index in [0.29, 0.717) is 4.47 Å². The molecule has 2 N–H and O–H groups in total. The summed E-state index contributed by atoms with van der Waals surface area (Å²) in [5, 5.41) is 8.73. The summed E-state index contributed by atoms with van der Waals surface area (Å²) in [6.07, 6.45) is 0.994. The second-order valence-electron chi connectivity index (χ2n) is 2.91. The Morgan fingerprint density at radius 1 is 1.40 bits per heavy atom. The average molecular weight is 294 g/mol. The first-order chi connectivity index (χ1) is 6.78. The van der Waals surface area contributed by atoms with Crippen LogP contribution in [0.5, 0.6) is 0 Å². The lowest BCUT2D eigenvalue weighted by Gasteiger charge is -2.05. The predicted octanol–water partition coefficient (Wildman–Crippen LogP) is 1.52. The quantitative estimate of drug-likeness (QED) is 0.885. The molecular formula is C8H8BrNO4S. The molecule has 5 nitrogen and oxygen atoms in total. The third-order valence-corrected chi connectivity index (χ3v) is 2.51. The van der Waals surface area contributed by atoms with E-state index in [2.05, 4.69) is 20.7 Å². The number of anilines is 1. The minimum Gasteiger partial charge on any atom is -0.478 e. The summed E-state index contributed by atoms with van der Waals surface area (Å²) in [6.45, 7) is 0. The van der Waals surface area contributed by atoms with Gasteiger partial charge < -0.3 is 5.11 Å². The normalized spacial score (nSPS) is 11.1. The van der Waals surface area contributed by atoms with Crippen LogP contribution in [0.2, 0.25) is 0 Å². The molecule has 0 aromatic heterocycles. The lowest BCUT2D eigenvalue weighted by atomic mass is 10.2. The van der Waals surface area contributed by atoms with Gasteiger partial charge >= 0.3 is 5.97 Å². The number of hydrogen-bond acceptors (Lipinski definition) is 3. The molecule has 0 bridgehead atoms. The number of carbonyl (C=O) groups is 1. The molecule has 1 aromatic rings. The van der Waals surface area contributed by atoms with E-state index in [0.717, 1.165) is 6.26 Å². The Kier molecular flexibility index (Phi) is 3.35. The largest absolute Gasteiger partial charge is 0.478 e. The van der Waals surface area contributed by atoms with Crippen LogP contribution in [0, 0.1) is 0 Å². The summed E-state index contributed by atoms with van der Waals surface area (Å²) in [5.41, 5.74) is 0.222. The van der Waals surface area contributed by atoms with Gasteiger partial charge in [0.15, 0.2) is 0 Å². The monoisotopic (exact) mass is 293 g/mol. The number of nitrogens with one attached hydrogen (secondary N) is 1. The number of sulfonamides is 1. The van der Waals surface area contributed by atoms with E-state index >= 15 is 0 Å². The number of hydrogen-bond donors (Lipinski definition) is 2. The van der Waals surface area contributed by atoms with Gasteiger partial charge in [-0.3, -0.25) is 4.72 Å². The van der Waals surface area contributed by atoms with Crippen molar-refractivity contribution in [2.75, 3.05) is 11.0 Å². The van der Waals surface area contributed by atoms with E-state index in [-0.39, 0.29) is 11.3 Å². The van der Waals surface area contributed by atoms with Gasteiger partial charge in [-0.15, -0.1) is 0 Å². The van der Waals surface area contributed by atoms with Crippen LogP contribution in [0.15, 0.2) is 22.7 Å². The van der Waals surface area contributed by atoms with Crippen molar-refractivity contribution < 1.29 is 18.3 Å². The molecule has 0 fully saturated rings. The number of benzene rings is 1. The Bertz CT molecular complexity index is 497. The third kappa shape index (κ3) is 3.88. The lowest BCUT2D eigenvalue weighted by Crippen LogP contribution is -2.10. The SMILES string of the molecule is CS(=O)(=O)Nc1cc(Br)cc(C(=O)O)c1. The molecule has 1 aromatic carbocycles. The number of carboxylic acid groups (broad SMARTS) is 1. The second kappa shape index (κ2) is 4.19. The predicted molar refractivity (Wildman–Crippen MR) is 59.6 cm³/mol. The van der Waals surface area contributed by atoms with Gasteiger partial charge in [0, 0.05) is 4.47 Å². The van der Waals surface area contributed by atoms with Crippen LogP contribution in [0.25, 0.3) is 0 Å². The van der Waals surface area contributed by atoms with Gasteiger partial charge in [0.25, 0.3) is 0 Å². The van der Waals surface area contributed by atoms with Crippen molar-refractivity contribution in [1.29, 1.82) is 0 Å². The van der Waals surface area contributed by atoms with Gasteiger partial charge in [-0.05, 0) is 18.2 Å². The topological polar surface area (TPSA) is 83.5 Å². The molecule has 82 valence electrons. The molecule has 1 rings (SSSR count). The minimum atomic E-state index is -3.40. The van der Waals surface area contributed by atoms with Crippen LogP contribution in [0.1, 0.15) is 10.4 Å². The van der Waals surface area contributed by atoms with E-state index in [1.165, 1.54) is 18.2 Å². The highest BCUT2D eigenvalue weighted by Crippen LogP contribution is 2.20. The molecule has 0 aliphatic heterocycles. The van der Waals surface area contributed by atoms with Crippen molar-refractivity contribution in [2.24, 2.45) is 0 Å². The third-order valence-electron chi connectivity index (χ3n) is 1.45. The number of aromatic carboxylic acids is 1. The Labute approximate surface area is 95.3 Å². The molecule has 0 aliphatic rings. The first-order valence-electron chi connectivity index (χ1n) is 3.79. The highest BCUT2D eigenvalue weighted by molar-refractivity contribution is 9.10. The summed E-state index contributed by atoms with van der Waals surface area (Å²) in [4.78, 5) is 10.7. The van der Waals surface area contributed by atoms with Gasteiger partial charge in [-0.2, -0.15) is 0 Å². The molecule has 0 radical (unpaired) electrons. The molecular weight excluding hydrogens is 286 g/mol. The minimum absolute atomic E-state index is 0.00975. The summed E-state index contributed by atoms with van der Waals surface area (Å²) < 4.78 is 24.5. The molecule has 0 aliphatic carbocycles. The van der Waals surface area contributed by atoms with Gasteiger partial charge in [0.05, 0.1) is 17.5 Å². The van der Waals surface area contributed by atoms with Crippen LogP contribution in [-0.2, 0) is 10.0 Å². The maximum Gasteiger partial charge on any atom is 0.335 e. The van der Waals surface area contributed by atoms with Crippen LogP contribution in [0.3, 0.4) is 0 Å². The number of carboxylic acids is 1. The standard InChI is InChI=1S/C8H8BrNO4S/c1-15(13,14)10-7-3-5(8(11)12)2-6(9)4-7/h2-4,10H,1H3,(H,11,12). The van der Waals surface area contributed by atoms with Crippen molar-refractivity contribution in [3.8, 4) is 0 Å². The fraction of sp³-hybridized carbons (Fsp3) is 0.125. The maximum absolute atomic E-state index is 10.9. The van der Waals surface area contributed by atoms with Crippen LogP contribution in [0.4, 0.5) is 5.69 Å². The van der Waals surface area contributed by atoms with E-state index < -0.39 is 16.0 Å². The first-order valence-corrected chi connectivity index (χ1v) is 6.48. The van der Waals surface area contributed by atoms with Crippen molar-refractivity contribution in [2.45, 2.75) is 0 Å². The number of rotatable bonds is 3. The molecule has 0 saturated heterocycles. The Balaban J connectivity index is 3.15. The van der Waals surface area contributed by atoms with Crippen molar-refractivity contribution >= 4 is 37.6 Å². The summed E-state index contributed by atoms with van der Waals surface area (Å²) in [5.74, 6) is -1.12. The zero-order valence-corrected chi connectivity index (χ0v) is 10.1. The fourth-order valence-corrected chi connectivity index (χ4v) is 2.03. The Hall–Kier alpha value is -1.08. The maximum atomic E-state index is 10.9. The van der Waals surface area contributed by atoms with E-state index in [9.17, 15) is 13.2 Å². The van der Waals surface area contributed by atoms with Gasteiger partial charge in [-0.25, -0.2) is 13.2 Å². The van der Waals surface area contributed by atoms with Crippen molar-refractivity contribution in [3.63, 3.8) is 0 Å². The zero-order chi connectivity index (χ0) is 11.6. The molecule has 0 heterocycles. The molecule has 0 atom stereocenters. The molecule has 0 saturated carbocycles. The zero-order valence-electron chi connectivity index (χ0n) is 7.69. The molecule has 0 spiro atoms. The van der Waals surface area contributed by atoms with Gasteiger partial charge in [0.1, 0.15) is 0 Å². The summed E-state index contributed by atoms with van der Waals surface area (Å²) in [6, 6.07) is 4.11. The smallest absolute Gasteiger partial charge is 0.335 e. The Morgan fingerprint density at radius 3 is 2.47 bits per heavy atom. The lowest BCUT2D eigenvalue weighted by molar-refractivity contribution is 0.0697. The highest BCUT2D eigenvalue weighted by Gasteiger charge is 2.08. The fourth-order valence-electron chi connectivity index (χ4n) is 0.986. The van der Waals surface area contributed by atoms with Gasteiger partial charge in [0.2, 0.25) is 10.0 Å². The molecule has 15 heavy (non-hydrogen) atoms. The second-order valence-corrected chi connectivity index (χ2v) is 5.57. The van der Waals surface area contributed by atoms with E-state index in [1.807, 2.05) is 0 Å². The van der Waals surface area contributed by atoms with Crippen molar-refractivity contribution in [1.82, 2.24) is 0 Å². The Morgan fingerprint density at radius 2 is 2.00 bits per heavy atom. The molecule has 0 amide bonds. The molecule has 0 unspecified atom stereocenters. The summed E-state index contributed by atoms with van der Waals surface area (Å²) in [7, 11) is -3.40. The van der Waals surface area contributed by atoms with E-state index in [1.54, 1.807) is 0 Å². The van der Waals surface area contributed by atoms with E-state index in [4.69, 9.17) is 5.11 Å². The first kappa shape index (κ1) is 12.0. The van der Waals surface area contributed by atoms with Crippen LogP contribution in [-0.4, -0.2) is 25.7 Å². The highest BCUT2D eigenvalue weighted by atomic mass is 79.9. The average Bonchev–Trinajstić information content (AvgIpc) is 1.99. The summed E-state index contributed by atoms with van der Waals surface area (Å²) >= 11 is 3.09.